The Morgan fingerprint density at radius 2 is 1.56 bits per heavy atom. The second-order valence-electron chi connectivity index (χ2n) is 13.4. The number of carbonyl (C=O) groups excluding carboxylic acids is 3. The molecule has 41 heavy (non-hydrogen) atoms. The van der Waals surface area contributed by atoms with E-state index >= 15 is 0 Å². The number of rotatable bonds is 5. The summed E-state index contributed by atoms with van der Waals surface area (Å²) in [5.41, 5.74) is -0.649. The zero-order chi connectivity index (χ0) is 28.9. The van der Waals surface area contributed by atoms with Gasteiger partial charge in [-0.15, -0.1) is 0 Å². The third kappa shape index (κ3) is 4.57. The average molecular weight is 561 g/mol. The molecule has 0 amide bonds. The van der Waals surface area contributed by atoms with E-state index in [9.17, 15) is 14.4 Å². The Morgan fingerprint density at radius 3 is 2.20 bits per heavy atom. The van der Waals surface area contributed by atoms with Gasteiger partial charge in [-0.25, -0.2) is 9.59 Å². The van der Waals surface area contributed by atoms with E-state index in [0.717, 1.165) is 25.7 Å². The molecule has 2 aliphatic heterocycles. The number of ether oxygens (including phenoxy) is 4. The molecule has 0 bridgehead atoms. The molecule has 2 spiro atoms. The van der Waals surface area contributed by atoms with Crippen molar-refractivity contribution < 1.29 is 33.3 Å². The maximum Gasteiger partial charge on any atom is 0.338 e. The fourth-order valence-electron chi connectivity index (χ4n) is 8.76. The molecule has 7 atom stereocenters. The molecular weight excluding hydrogens is 520 g/mol. The van der Waals surface area contributed by atoms with Gasteiger partial charge in [-0.05, 0) is 68.2 Å². The van der Waals surface area contributed by atoms with Gasteiger partial charge in [-0.3, -0.25) is 4.79 Å². The summed E-state index contributed by atoms with van der Waals surface area (Å²) in [6, 6.07) is 18.0. The zero-order valence-electron chi connectivity index (χ0n) is 24.2. The number of cyclic esters (lactones) is 1. The molecule has 4 fully saturated rings. The summed E-state index contributed by atoms with van der Waals surface area (Å²) in [7, 11) is 0. The van der Waals surface area contributed by atoms with Gasteiger partial charge in [-0.1, -0.05) is 57.2 Å². The van der Waals surface area contributed by atoms with Crippen molar-refractivity contribution in [2.75, 3.05) is 19.8 Å². The predicted octanol–water partition coefficient (Wildman–Crippen LogP) is 6.01. The van der Waals surface area contributed by atoms with Crippen LogP contribution in [0.15, 0.2) is 60.7 Å². The molecule has 4 aliphatic rings. The fourth-order valence-corrected chi connectivity index (χ4v) is 8.76. The lowest BCUT2D eigenvalue weighted by Gasteiger charge is -2.65. The van der Waals surface area contributed by atoms with E-state index in [4.69, 9.17) is 18.9 Å². The predicted molar refractivity (Wildman–Crippen MR) is 151 cm³/mol. The first kappa shape index (κ1) is 28.0. The van der Waals surface area contributed by atoms with Crippen molar-refractivity contribution in [3.05, 3.63) is 71.8 Å². The molecule has 0 N–H and O–H groups in total. The van der Waals surface area contributed by atoms with Gasteiger partial charge in [-0.2, -0.15) is 0 Å². The van der Waals surface area contributed by atoms with Crippen LogP contribution in [0.3, 0.4) is 0 Å². The Balaban J connectivity index is 1.33. The van der Waals surface area contributed by atoms with E-state index in [0.29, 0.717) is 43.1 Å². The van der Waals surface area contributed by atoms with Gasteiger partial charge >= 0.3 is 17.9 Å². The first-order valence-electron chi connectivity index (χ1n) is 14.9. The molecule has 6 rings (SSSR count). The molecule has 218 valence electrons. The van der Waals surface area contributed by atoms with Crippen molar-refractivity contribution in [2.45, 2.75) is 71.0 Å². The van der Waals surface area contributed by atoms with Gasteiger partial charge in [0.05, 0.1) is 36.4 Å². The largest absolute Gasteiger partial charge is 0.465 e. The molecule has 7 heteroatoms. The van der Waals surface area contributed by atoms with Gasteiger partial charge in [0, 0.05) is 16.2 Å². The van der Waals surface area contributed by atoms with Crippen LogP contribution in [0.25, 0.3) is 0 Å². The quantitative estimate of drug-likeness (QED) is 0.327. The van der Waals surface area contributed by atoms with Gasteiger partial charge in [0.25, 0.3) is 0 Å². The van der Waals surface area contributed by atoms with Gasteiger partial charge in [0.15, 0.2) is 0 Å². The van der Waals surface area contributed by atoms with Crippen molar-refractivity contribution in [2.24, 2.45) is 28.1 Å². The smallest absolute Gasteiger partial charge is 0.338 e. The second-order valence-corrected chi connectivity index (χ2v) is 13.4. The van der Waals surface area contributed by atoms with E-state index in [1.165, 1.54) is 0 Å². The van der Waals surface area contributed by atoms with Crippen molar-refractivity contribution >= 4 is 17.9 Å². The molecule has 2 aromatic carbocycles. The van der Waals surface area contributed by atoms with E-state index in [-0.39, 0.29) is 41.3 Å². The van der Waals surface area contributed by atoms with Crippen molar-refractivity contribution in [3.8, 4) is 0 Å². The third-order valence-corrected chi connectivity index (χ3v) is 11.0. The molecule has 0 radical (unpaired) electrons. The number of esters is 3. The van der Waals surface area contributed by atoms with Crippen LogP contribution in [0.1, 0.15) is 80.0 Å². The highest BCUT2D eigenvalue weighted by Gasteiger charge is 2.70. The van der Waals surface area contributed by atoms with Crippen molar-refractivity contribution in [1.82, 2.24) is 0 Å². The number of benzene rings is 2. The summed E-state index contributed by atoms with van der Waals surface area (Å²) < 4.78 is 24.6. The molecule has 7 nitrogen and oxygen atoms in total. The Bertz CT molecular complexity index is 1310. The lowest BCUT2D eigenvalue weighted by Crippen LogP contribution is -2.66. The summed E-state index contributed by atoms with van der Waals surface area (Å²) in [5, 5.41) is 0. The maximum atomic E-state index is 13.3. The Labute approximate surface area is 241 Å². The molecule has 2 aromatic rings. The van der Waals surface area contributed by atoms with Gasteiger partial charge in [0.1, 0.15) is 12.7 Å². The maximum absolute atomic E-state index is 13.3. The molecule has 2 saturated carbocycles. The normalized spacial score (nSPS) is 37.9. The molecule has 0 aromatic heterocycles. The number of hydrogen-bond donors (Lipinski definition) is 0. The average Bonchev–Trinajstić information content (AvgIpc) is 3.55. The summed E-state index contributed by atoms with van der Waals surface area (Å²) in [5.74, 6) is -0.547. The standard InChI is InChI=1S/C34H40O7/c1-23-14-15-26-31(2,20-39-29(36)24-10-6-4-7-11-24)27(41-30(37)25-12-8-5-9-13-25)16-17-32(26,3)34(23)19-33(22-40-34)18-28(35)38-21-33/h4-13,23,26-27H,14-22H2,1-3H3/t23-,26+,27+,31+,32+,33-,34-/m1/s1. The van der Waals surface area contributed by atoms with Crippen LogP contribution < -0.4 is 0 Å². The van der Waals surface area contributed by atoms with Crippen LogP contribution in [-0.4, -0.2) is 49.4 Å². The summed E-state index contributed by atoms with van der Waals surface area (Å²) >= 11 is 0. The monoisotopic (exact) mass is 560 g/mol. The first-order chi connectivity index (χ1) is 19.6. The fraction of sp³-hybridized carbons (Fsp3) is 0.559. The van der Waals surface area contributed by atoms with Crippen LogP contribution in [-0.2, 0) is 23.7 Å². The van der Waals surface area contributed by atoms with Crippen LogP contribution in [0, 0.1) is 28.1 Å². The van der Waals surface area contributed by atoms with E-state index in [2.05, 4.69) is 20.8 Å². The lowest BCUT2D eigenvalue weighted by molar-refractivity contribution is -0.242. The van der Waals surface area contributed by atoms with E-state index in [1.807, 2.05) is 36.4 Å². The Hall–Kier alpha value is -3.19. The van der Waals surface area contributed by atoms with Gasteiger partial charge in [0.2, 0.25) is 0 Å². The molecule has 2 saturated heterocycles. The van der Waals surface area contributed by atoms with Crippen molar-refractivity contribution in [1.29, 1.82) is 0 Å². The molecule has 2 aliphatic carbocycles. The number of hydrogen-bond acceptors (Lipinski definition) is 7. The van der Waals surface area contributed by atoms with Crippen LogP contribution in [0.2, 0.25) is 0 Å². The topological polar surface area (TPSA) is 88.1 Å². The minimum absolute atomic E-state index is 0.0604. The lowest BCUT2D eigenvalue weighted by atomic mass is 9.43. The van der Waals surface area contributed by atoms with E-state index in [1.54, 1.807) is 24.3 Å². The second kappa shape index (κ2) is 10.3. The highest BCUT2D eigenvalue weighted by atomic mass is 16.6. The van der Waals surface area contributed by atoms with Crippen LogP contribution in [0.4, 0.5) is 0 Å². The molecule has 2 heterocycles. The molecule has 0 unspecified atom stereocenters. The SMILES string of the molecule is C[C@@H]1CC[C@H]2[C@](C)(COC(=O)c3ccccc3)[C@@H](OC(=O)c3ccccc3)CC[C@]2(C)[C@@]12C[C@]1(COC(=O)C1)CO2. The van der Waals surface area contributed by atoms with Crippen LogP contribution >= 0.6 is 0 Å². The summed E-state index contributed by atoms with van der Waals surface area (Å²) in [6.07, 6.45) is 4.01. The van der Waals surface area contributed by atoms with Crippen molar-refractivity contribution in [3.63, 3.8) is 0 Å². The number of carbonyl (C=O) groups is 3. The van der Waals surface area contributed by atoms with Gasteiger partial charge < -0.3 is 18.9 Å². The highest BCUT2D eigenvalue weighted by Crippen LogP contribution is 2.69. The Morgan fingerprint density at radius 1 is 0.902 bits per heavy atom. The minimum atomic E-state index is -0.643. The highest BCUT2D eigenvalue weighted by molar-refractivity contribution is 5.90. The minimum Gasteiger partial charge on any atom is -0.465 e. The third-order valence-electron chi connectivity index (χ3n) is 11.0. The van der Waals surface area contributed by atoms with Crippen LogP contribution in [0.5, 0.6) is 0 Å². The van der Waals surface area contributed by atoms with E-state index < -0.39 is 17.1 Å². The first-order valence-corrected chi connectivity index (χ1v) is 14.9. The summed E-state index contributed by atoms with van der Waals surface area (Å²) in [4.78, 5) is 38.6. The zero-order valence-corrected chi connectivity index (χ0v) is 24.2. The number of fused-ring (bicyclic) bond motifs is 2. The molecular formula is C34H40O7. The Kier molecular flexibility index (Phi) is 7.00. The summed E-state index contributed by atoms with van der Waals surface area (Å²) in [6.45, 7) is 7.75.